The minimum absolute atomic E-state index is 0.0293. The van der Waals surface area contributed by atoms with E-state index in [1.165, 1.54) is 0 Å². The predicted molar refractivity (Wildman–Crippen MR) is 54.9 cm³/mol. The lowest BCUT2D eigenvalue weighted by Crippen LogP contribution is -2.36. The fraction of sp³-hybridized carbons (Fsp3) is 0.900. The summed E-state index contributed by atoms with van der Waals surface area (Å²) in [6.07, 6.45) is 4.71. The second-order valence-corrected chi connectivity index (χ2v) is 3.77. The lowest BCUT2D eigenvalue weighted by molar-refractivity contribution is -0.139. The summed E-state index contributed by atoms with van der Waals surface area (Å²) in [5.41, 5.74) is 5.46. The van der Waals surface area contributed by atoms with E-state index in [0.29, 0.717) is 0 Å². The maximum absolute atomic E-state index is 10.5. The van der Waals surface area contributed by atoms with Crippen LogP contribution < -0.4 is 5.73 Å². The highest BCUT2D eigenvalue weighted by atomic mass is 16.4. The zero-order chi connectivity index (χ0) is 11.0. The molecule has 0 aromatic rings. The number of carboxylic acids is 1. The molecule has 1 unspecified atom stereocenters. The first kappa shape index (κ1) is 13.4. The fourth-order valence-electron chi connectivity index (χ4n) is 1.35. The van der Waals surface area contributed by atoms with Crippen molar-refractivity contribution < 1.29 is 15.0 Å². The largest absolute Gasteiger partial charge is 0.480 e. The van der Waals surface area contributed by atoms with Crippen molar-refractivity contribution in [3.63, 3.8) is 0 Å². The van der Waals surface area contributed by atoms with Gasteiger partial charge in [-0.05, 0) is 18.8 Å². The first-order valence-corrected chi connectivity index (χ1v) is 5.18. The predicted octanol–water partition coefficient (Wildman–Crippen LogP) is 0.977. The topological polar surface area (TPSA) is 83.5 Å². The van der Waals surface area contributed by atoms with Gasteiger partial charge in [0.1, 0.15) is 6.04 Å². The molecule has 0 spiro atoms. The molecule has 0 fully saturated rings. The van der Waals surface area contributed by atoms with Crippen molar-refractivity contribution in [2.45, 2.75) is 45.1 Å². The van der Waals surface area contributed by atoms with Gasteiger partial charge >= 0.3 is 5.97 Å². The Balaban J connectivity index is 3.43. The summed E-state index contributed by atoms with van der Waals surface area (Å²) in [6, 6.07) is -0.743. The highest BCUT2D eigenvalue weighted by Crippen LogP contribution is 2.12. The Morgan fingerprint density at radius 1 is 1.29 bits per heavy atom. The molecule has 4 heteroatoms. The molecule has 0 aromatic heterocycles. The molecule has 0 aromatic carbocycles. The third-order valence-corrected chi connectivity index (χ3v) is 2.47. The van der Waals surface area contributed by atoms with E-state index in [9.17, 15) is 4.79 Å². The number of rotatable bonds is 8. The molecule has 0 radical (unpaired) electrons. The molecule has 14 heavy (non-hydrogen) atoms. The van der Waals surface area contributed by atoms with Crippen molar-refractivity contribution in [2.75, 3.05) is 6.61 Å². The number of carbonyl (C=O) groups is 1. The zero-order valence-electron chi connectivity index (χ0n) is 8.78. The second kappa shape index (κ2) is 7.76. The normalized spacial score (nSPS) is 15.1. The molecule has 0 amide bonds. The zero-order valence-corrected chi connectivity index (χ0v) is 8.78. The van der Waals surface area contributed by atoms with E-state index in [2.05, 4.69) is 0 Å². The number of unbranched alkanes of at least 4 members (excludes halogenated alkanes) is 3. The number of aliphatic hydroxyl groups excluding tert-OH is 1. The fourth-order valence-corrected chi connectivity index (χ4v) is 1.35. The van der Waals surface area contributed by atoms with Crippen LogP contribution in [0.4, 0.5) is 0 Å². The highest BCUT2D eigenvalue weighted by Gasteiger charge is 2.18. The van der Waals surface area contributed by atoms with Crippen LogP contribution in [0.15, 0.2) is 0 Å². The number of aliphatic hydroxyl groups is 1. The number of hydrogen-bond donors (Lipinski definition) is 3. The lowest BCUT2D eigenvalue weighted by Gasteiger charge is -2.15. The summed E-state index contributed by atoms with van der Waals surface area (Å²) < 4.78 is 0. The van der Waals surface area contributed by atoms with E-state index in [-0.39, 0.29) is 12.5 Å². The molecule has 0 saturated carbocycles. The van der Waals surface area contributed by atoms with Crippen molar-refractivity contribution in [3.8, 4) is 0 Å². The van der Waals surface area contributed by atoms with Gasteiger partial charge in [0.15, 0.2) is 0 Å². The summed E-state index contributed by atoms with van der Waals surface area (Å²) in [6.45, 7) is 2.11. The number of hydrogen-bond acceptors (Lipinski definition) is 3. The van der Waals surface area contributed by atoms with Crippen molar-refractivity contribution in [1.29, 1.82) is 0 Å². The Kier molecular flexibility index (Phi) is 7.42. The maximum Gasteiger partial charge on any atom is 0.320 e. The lowest BCUT2D eigenvalue weighted by atomic mass is 9.96. The van der Waals surface area contributed by atoms with E-state index in [0.717, 1.165) is 32.1 Å². The van der Waals surface area contributed by atoms with Crippen LogP contribution in [0.5, 0.6) is 0 Å². The number of nitrogens with two attached hydrogens (primary N) is 1. The van der Waals surface area contributed by atoms with Gasteiger partial charge < -0.3 is 15.9 Å². The van der Waals surface area contributed by atoms with E-state index in [1.807, 2.05) is 6.92 Å². The van der Waals surface area contributed by atoms with Crippen LogP contribution in [0.1, 0.15) is 39.0 Å². The monoisotopic (exact) mass is 203 g/mol. The van der Waals surface area contributed by atoms with E-state index in [1.54, 1.807) is 0 Å². The Bertz CT molecular complexity index is 161. The molecule has 0 bridgehead atoms. The van der Waals surface area contributed by atoms with Crippen LogP contribution in [0.3, 0.4) is 0 Å². The summed E-state index contributed by atoms with van der Waals surface area (Å²) in [5.74, 6) is -0.894. The Hall–Kier alpha value is -0.610. The van der Waals surface area contributed by atoms with Gasteiger partial charge in [-0.1, -0.05) is 26.2 Å². The number of carboxylic acid groups (broad SMARTS) is 1. The summed E-state index contributed by atoms with van der Waals surface area (Å²) in [7, 11) is 0. The SMILES string of the molecule is CC(CCCCCCO)[C@@H](N)C(=O)O. The smallest absolute Gasteiger partial charge is 0.320 e. The Morgan fingerprint density at radius 2 is 1.86 bits per heavy atom. The average Bonchev–Trinajstić information content (AvgIpc) is 2.16. The van der Waals surface area contributed by atoms with Crippen LogP contribution in [0.25, 0.3) is 0 Å². The molecule has 2 atom stereocenters. The minimum atomic E-state index is -0.923. The first-order chi connectivity index (χ1) is 6.59. The minimum Gasteiger partial charge on any atom is -0.480 e. The van der Waals surface area contributed by atoms with Gasteiger partial charge in [-0.15, -0.1) is 0 Å². The van der Waals surface area contributed by atoms with Gasteiger partial charge in [-0.25, -0.2) is 0 Å². The third kappa shape index (κ3) is 5.94. The van der Waals surface area contributed by atoms with Crippen molar-refractivity contribution in [2.24, 2.45) is 11.7 Å². The standard InChI is InChI=1S/C10H21NO3/c1-8(9(11)10(13)14)6-4-2-3-5-7-12/h8-9,12H,2-7,11H2,1H3,(H,13,14)/t8?,9-/m1/s1. The Morgan fingerprint density at radius 3 is 2.36 bits per heavy atom. The summed E-state index contributed by atoms with van der Waals surface area (Å²) in [5, 5.41) is 17.2. The van der Waals surface area contributed by atoms with Crippen LogP contribution in [-0.2, 0) is 4.79 Å². The molecule has 0 heterocycles. The molecule has 0 aliphatic heterocycles. The van der Waals surface area contributed by atoms with Gasteiger partial charge in [0, 0.05) is 6.61 Å². The molecular weight excluding hydrogens is 182 g/mol. The number of aliphatic carboxylic acids is 1. The van der Waals surface area contributed by atoms with Crippen molar-refractivity contribution >= 4 is 5.97 Å². The molecule has 0 aliphatic carbocycles. The second-order valence-electron chi connectivity index (χ2n) is 3.77. The van der Waals surface area contributed by atoms with Crippen LogP contribution in [0.2, 0.25) is 0 Å². The average molecular weight is 203 g/mol. The summed E-state index contributed by atoms with van der Waals surface area (Å²) >= 11 is 0. The first-order valence-electron chi connectivity index (χ1n) is 5.18. The molecule has 0 rings (SSSR count). The van der Waals surface area contributed by atoms with Gasteiger partial charge in [0.05, 0.1) is 0 Å². The summed E-state index contributed by atoms with van der Waals surface area (Å²) in [4.78, 5) is 10.5. The molecular formula is C10H21NO3. The van der Waals surface area contributed by atoms with Crippen LogP contribution in [-0.4, -0.2) is 28.8 Å². The molecule has 4 nitrogen and oxygen atoms in total. The molecule has 0 saturated heterocycles. The maximum atomic E-state index is 10.5. The van der Waals surface area contributed by atoms with E-state index < -0.39 is 12.0 Å². The van der Waals surface area contributed by atoms with Crippen LogP contribution >= 0.6 is 0 Å². The van der Waals surface area contributed by atoms with Gasteiger partial charge in [-0.3, -0.25) is 4.79 Å². The molecule has 0 aliphatic rings. The highest BCUT2D eigenvalue weighted by molar-refractivity contribution is 5.73. The Labute approximate surface area is 85.1 Å². The third-order valence-electron chi connectivity index (χ3n) is 2.47. The van der Waals surface area contributed by atoms with Crippen molar-refractivity contribution in [1.82, 2.24) is 0 Å². The van der Waals surface area contributed by atoms with Crippen LogP contribution in [0, 0.1) is 5.92 Å². The molecule has 84 valence electrons. The van der Waals surface area contributed by atoms with Gasteiger partial charge in [-0.2, -0.15) is 0 Å². The van der Waals surface area contributed by atoms with E-state index >= 15 is 0 Å². The quantitative estimate of drug-likeness (QED) is 0.513. The van der Waals surface area contributed by atoms with E-state index in [4.69, 9.17) is 15.9 Å². The van der Waals surface area contributed by atoms with Crippen molar-refractivity contribution in [3.05, 3.63) is 0 Å². The van der Waals surface area contributed by atoms with Gasteiger partial charge in [0.2, 0.25) is 0 Å². The molecule has 4 N–H and O–H groups in total. The van der Waals surface area contributed by atoms with Gasteiger partial charge in [0.25, 0.3) is 0 Å².